The van der Waals surface area contributed by atoms with Crippen molar-refractivity contribution in [2.45, 2.75) is 0 Å². The number of nitrogens with zero attached hydrogens (tertiary/aromatic N) is 8. The zero-order valence-electron chi connectivity index (χ0n) is 79.3. The van der Waals surface area contributed by atoms with Gasteiger partial charge in [-0.2, -0.15) is 0 Å². The summed E-state index contributed by atoms with van der Waals surface area (Å²) >= 11 is 0. The van der Waals surface area contributed by atoms with Gasteiger partial charge in [0.1, 0.15) is 0 Å². The molecule has 4 radical (unpaired) electrons. The van der Waals surface area contributed by atoms with Crippen molar-refractivity contribution in [3.8, 4) is 22.7 Å². The van der Waals surface area contributed by atoms with Crippen LogP contribution in [-0.4, -0.2) is 203 Å². The Morgan fingerprint density at radius 3 is 1.02 bits per heavy atom. The maximum atomic E-state index is 5.96. The molecule has 24 heterocycles. The van der Waals surface area contributed by atoms with Crippen molar-refractivity contribution in [2.75, 3.05) is 0 Å². The Morgan fingerprint density at radius 2 is 0.550 bits per heavy atom. The van der Waals surface area contributed by atoms with Gasteiger partial charge in [0.05, 0.1) is 0 Å². The van der Waals surface area contributed by atoms with Crippen LogP contribution in [0.1, 0.15) is 0 Å². The minimum atomic E-state index is -2.03. The monoisotopic (exact) mass is 1900 g/mol. The molecule has 16 fully saturated rings. The van der Waals surface area contributed by atoms with Gasteiger partial charge < -0.3 is 0 Å². The molecule has 628 valence electrons. The van der Waals surface area contributed by atoms with Gasteiger partial charge in [0.15, 0.2) is 0 Å². The van der Waals surface area contributed by atoms with Gasteiger partial charge in [0.25, 0.3) is 0 Å². The molecule has 20 aliphatic rings. The first-order valence-electron chi connectivity index (χ1n) is 54.1. The van der Waals surface area contributed by atoms with Crippen LogP contribution in [0.4, 0.5) is 0 Å². The summed E-state index contributed by atoms with van der Waals surface area (Å²) in [6.45, 7) is 12.5. The number of fused-ring (bicyclic) bond motifs is 28. The number of para-hydroxylation sites is 9. The Balaban J connectivity index is 0.0000000776. The molecule has 0 saturated carbocycles. The third kappa shape index (κ3) is 10.0. The first-order valence-corrected chi connectivity index (χ1v) is 70.9. The number of aromatic nitrogens is 4. The zero-order chi connectivity index (χ0) is 90.2. The third-order valence-electron chi connectivity index (χ3n) is 42.2. The predicted molar refractivity (Wildman–Crippen MR) is 672 cm³/mol. The van der Waals surface area contributed by atoms with E-state index < -0.39 is 25.6 Å². The van der Waals surface area contributed by atoms with Crippen LogP contribution in [0.3, 0.4) is 0 Å². The molecule has 0 N–H and O–H groups in total. The Bertz CT molecular complexity index is 9510. The number of hydrogen-bond acceptors (Lipinski definition) is 4. The van der Waals surface area contributed by atoms with Crippen molar-refractivity contribution in [1.29, 1.82) is 0 Å². The molecule has 0 amide bonds. The fourth-order valence-corrected chi connectivity index (χ4v) is 82.7. The van der Waals surface area contributed by atoms with Crippen molar-refractivity contribution in [3.05, 3.63) is 364 Å². The fraction of sp³-hybridized carbons (Fsp3) is 0. The Kier molecular flexibility index (Phi) is 14.8. The minimum absolute atomic E-state index is 0.0542. The molecule has 44 heteroatoms. The van der Waals surface area contributed by atoms with Gasteiger partial charge in [0.2, 0.25) is 0 Å². The van der Waals surface area contributed by atoms with Crippen LogP contribution in [0, 0.1) is 0 Å². The van der Waals surface area contributed by atoms with E-state index in [1.807, 2.05) is 0 Å². The summed E-state index contributed by atoms with van der Waals surface area (Å²) in [6, 6.07) is 138. The Labute approximate surface area is 829 Å². The van der Waals surface area contributed by atoms with Gasteiger partial charge in [-0.25, -0.2) is 0 Å². The second-order valence-corrected chi connectivity index (χ2v) is 83.4. The molecule has 4 aromatic heterocycles. The molecule has 0 atom stereocenters. The first kappa shape index (κ1) is 79.1. The zero-order valence-corrected chi connectivity index (χ0v) is 86.5. The van der Waals surface area contributed by atoms with Crippen LogP contribution < -0.4 is 86.8 Å². The molecule has 20 aliphatic heterocycles. The summed E-state index contributed by atoms with van der Waals surface area (Å²) < 4.78 is 34.0. The molecule has 0 bridgehead atoms. The van der Waals surface area contributed by atoms with Crippen molar-refractivity contribution >= 4 is 414 Å². The molecule has 40 rings (SSSR count). The van der Waals surface area contributed by atoms with Crippen LogP contribution in [0.15, 0.2) is 382 Å². The van der Waals surface area contributed by atoms with Gasteiger partial charge in [0, 0.05) is 0 Å². The van der Waals surface area contributed by atoms with Gasteiger partial charge in [-0.15, -0.1) is 0 Å². The summed E-state index contributed by atoms with van der Waals surface area (Å²) in [5.41, 5.74) is 34.1. The van der Waals surface area contributed by atoms with E-state index in [1.54, 1.807) is 37.5 Å². The summed E-state index contributed by atoms with van der Waals surface area (Å²) in [5, 5.41) is 18.1. The van der Waals surface area contributed by atoms with E-state index in [1.165, 1.54) is 159 Å². The molecule has 16 saturated heterocycles. The first-order chi connectivity index (χ1) is 69.1. The van der Waals surface area contributed by atoms with E-state index in [0.717, 1.165) is 74.6 Å². The van der Waals surface area contributed by atoms with E-state index >= 15 is 0 Å². The summed E-state index contributed by atoms with van der Waals surface area (Å²) in [5.74, 6) is 0. The van der Waals surface area contributed by atoms with Crippen LogP contribution in [-0.2, 0) is 0 Å². The van der Waals surface area contributed by atoms with Crippen LogP contribution in [0.5, 0.6) is 0 Å². The predicted octanol–water partition coefficient (Wildman–Crippen LogP) is 5.35. The molecule has 140 heavy (non-hydrogen) atoms. The molecule has 0 unspecified atom stereocenters. The van der Waals surface area contributed by atoms with E-state index in [0.29, 0.717) is 28.2 Å². The number of rotatable bonds is 12. The molecule has 8 nitrogen and oxygen atoms in total. The van der Waals surface area contributed by atoms with Gasteiger partial charge in [-0.1, -0.05) is 0 Å². The second-order valence-electron chi connectivity index (χ2n) is 49.1. The van der Waals surface area contributed by atoms with E-state index in [-0.39, 0.29) is 84.3 Å². The maximum absolute atomic E-state index is 5.96. The van der Waals surface area contributed by atoms with Crippen molar-refractivity contribution < 1.29 is 0 Å². The SMILES string of the molecule is [B]1B2[BH2-]P12(N=[P+]1B2[BH2-]B21)c1cc2c3c(c1)c1ccccc1n3-c1ccccc1B2c1ccccc1.[B]1B2[BH2-]P12(N=[P+]1B2[BH2-]B21)c1ccc2c3c1c1ccccc1n3-c1ccccc1B2c1ccccc1.[B]1B2[BH2-]P12(N=[P+]1B2[BH2-]B21)c1ccc2c3ccccc3n3c2c1B(c1ccccc1)c1ccccc1-3.[B]1B2[BH2-]P12(N=[P+]1B2[BH2-]B21)c1ccccc1B1c2ccccc2-n2c3ccccc3c3cccc1c32. The average Bonchev–Trinajstić information content (AvgIpc) is 1.43. The quantitative estimate of drug-likeness (QED) is 0.117. The standard InChI is InChI=1S/4C24H19B7N2P2/c1-4-13-21-16(8-1)17-9-7-12-20-24(17)33(21)22-14-5-2-10-18(22)28(20)19-11-3-6-15-23(19)35(26-29(35)27-35)32-34-30-25-31(30)34;1-2-8-16(9-3-1)28-20-11-5-7-13-23(20)33-22-12-6-4-10-18(22)19-14-17(15-21(28)24(19)33)35(26-29(35)27-35)32-34-30-25-31(30)34;1-2-8-16(9-3-1)28-19-11-5-7-13-21(19)33-20-12-6-4-10-17(20)18-14-15-22(23(28)24(18)33)35(26-29(35)27-35)32-34-30-25-31(30)34;1-2-8-16(9-3-1)28-18-11-5-7-13-21(18)33-20-12-6-4-10-17(20)23-22(15-14-19(28)24(23)33)35(26-29(35)27-35)32-34-30-25-31(30)34/h4*1-15H,25-26H2/q4*-1. The van der Waals surface area contributed by atoms with E-state index in [4.69, 9.17) is 18.1 Å². The third-order valence-corrected chi connectivity index (χ3v) is 87.5. The van der Waals surface area contributed by atoms with Gasteiger partial charge in [-0.05, 0) is 0 Å². The fourth-order valence-electron chi connectivity index (χ4n) is 31.8. The van der Waals surface area contributed by atoms with Gasteiger partial charge in [-0.3, -0.25) is 0 Å². The number of benzene rings is 16. The molecule has 16 aromatic carbocycles. The average molecular weight is 1890 g/mol. The Morgan fingerprint density at radius 1 is 0.229 bits per heavy atom. The molecule has 20 aromatic rings. The van der Waals surface area contributed by atoms with E-state index in [2.05, 4.69) is 410 Å². The summed E-state index contributed by atoms with van der Waals surface area (Å²) in [6.07, 6.45) is 4.97. The van der Waals surface area contributed by atoms with Crippen molar-refractivity contribution in [2.24, 2.45) is 18.1 Å². The van der Waals surface area contributed by atoms with E-state index in [9.17, 15) is 0 Å². The second kappa shape index (κ2) is 26.1. The number of hydrogen-bond donors (Lipinski definition) is 0. The topological polar surface area (TPSA) is 69.2 Å². The molecule has 0 spiro atoms. The van der Waals surface area contributed by atoms with Crippen molar-refractivity contribution in [3.63, 3.8) is 0 Å². The van der Waals surface area contributed by atoms with Crippen molar-refractivity contribution in [1.82, 2.24) is 18.3 Å². The molecule has 0 aliphatic carbocycles. The normalized spacial score (nSPS) is 21.5. The summed E-state index contributed by atoms with van der Waals surface area (Å²) in [4.78, 5) is 0. The summed E-state index contributed by atoms with van der Waals surface area (Å²) in [7, 11) is 2.09. The molecular weight excluding hydrogens is 1820 g/mol. The van der Waals surface area contributed by atoms with Gasteiger partial charge >= 0.3 is 837 Å². The van der Waals surface area contributed by atoms with Crippen LogP contribution in [0.2, 0.25) is 0 Å². The Hall–Kier alpha value is -9.34. The van der Waals surface area contributed by atoms with Crippen LogP contribution in [0.25, 0.3) is 110 Å². The molecular formula is C96H76B28N8P8-4. The van der Waals surface area contributed by atoms with Crippen LogP contribution >= 0.6 is 55.4 Å².